The van der Waals surface area contributed by atoms with E-state index in [1.807, 2.05) is 6.92 Å². The van der Waals surface area contributed by atoms with Crippen molar-refractivity contribution < 1.29 is 5.11 Å². The average Bonchev–Trinajstić information content (AvgIpc) is 2.31. The van der Waals surface area contributed by atoms with E-state index in [-0.39, 0.29) is 12.1 Å². The van der Waals surface area contributed by atoms with E-state index in [1.165, 1.54) is 44.9 Å². The Morgan fingerprint density at radius 1 is 0.875 bits per heavy atom. The predicted octanol–water partition coefficient (Wildman–Crippen LogP) is 3.62. The molecular weight excluding hydrogens is 198 g/mol. The zero-order chi connectivity index (χ0) is 12.2. The Bertz CT molecular complexity index is 139. The summed E-state index contributed by atoms with van der Waals surface area (Å²) in [4.78, 5) is 0. The van der Waals surface area contributed by atoms with Gasteiger partial charge in [-0.1, -0.05) is 65.2 Å². The van der Waals surface area contributed by atoms with Crippen LogP contribution in [0.2, 0.25) is 0 Å². The van der Waals surface area contributed by atoms with Crippen molar-refractivity contribution in [2.45, 2.75) is 90.2 Å². The van der Waals surface area contributed by atoms with E-state index in [1.54, 1.807) is 0 Å². The third kappa shape index (κ3) is 9.17. The third-order valence-electron chi connectivity index (χ3n) is 3.32. The molecule has 0 aromatic rings. The summed E-state index contributed by atoms with van der Waals surface area (Å²) in [5.74, 6) is 0. The van der Waals surface area contributed by atoms with Crippen molar-refractivity contribution >= 4 is 0 Å². The highest BCUT2D eigenvalue weighted by molar-refractivity contribution is 4.69. The van der Waals surface area contributed by atoms with E-state index >= 15 is 0 Å². The summed E-state index contributed by atoms with van der Waals surface area (Å²) in [5.41, 5.74) is 5.76. The lowest BCUT2D eigenvalue weighted by atomic mass is 10.0. The van der Waals surface area contributed by atoms with Gasteiger partial charge in [0.2, 0.25) is 0 Å². The number of aliphatic hydroxyl groups is 1. The van der Waals surface area contributed by atoms with Gasteiger partial charge in [-0.15, -0.1) is 0 Å². The fraction of sp³-hybridized carbons (Fsp3) is 1.00. The van der Waals surface area contributed by atoms with E-state index in [0.29, 0.717) is 0 Å². The molecule has 0 heterocycles. The molecule has 0 fully saturated rings. The first kappa shape index (κ1) is 15.9. The van der Waals surface area contributed by atoms with Crippen LogP contribution in [0.15, 0.2) is 0 Å². The minimum absolute atomic E-state index is 0.0236. The van der Waals surface area contributed by atoms with Crippen LogP contribution in [-0.2, 0) is 0 Å². The van der Waals surface area contributed by atoms with Crippen molar-refractivity contribution in [1.29, 1.82) is 0 Å². The number of aliphatic hydroxyl groups excluding tert-OH is 1. The molecule has 0 saturated carbocycles. The van der Waals surface area contributed by atoms with Crippen LogP contribution in [0.4, 0.5) is 0 Å². The van der Waals surface area contributed by atoms with E-state index < -0.39 is 0 Å². The van der Waals surface area contributed by atoms with Gasteiger partial charge in [-0.3, -0.25) is 0 Å². The highest BCUT2D eigenvalue weighted by Gasteiger charge is 2.11. The standard InChI is InChI=1S/C14H31NO/c1-3-5-6-7-8-9-10-11-12-14(16)13(15)4-2/h13-14,16H,3-12,15H2,1-2H3. The minimum atomic E-state index is -0.287. The van der Waals surface area contributed by atoms with Crippen LogP contribution in [0.5, 0.6) is 0 Å². The minimum Gasteiger partial charge on any atom is -0.392 e. The first-order valence-corrected chi connectivity index (χ1v) is 7.16. The molecule has 0 aromatic carbocycles. The van der Waals surface area contributed by atoms with Crippen LogP contribution < -0.4 is 5.73 Å². The maximum absolute atomic E-state index is 9.67. The van der Waals surface area contributed by atoms with Gasteiger partial charge < -0.3 is 10.8 Å². The fourth-order valence-corrected chi connectivity index (χ4v) is 1.97. The predicted molar refractivity (Wildman–Crippen MR) is 71.5 cm³/mol. The van der Waals surface area contributed by atoms with Crippen LogP contribution in [0, 0.1) is 0 Å². The maximum Gasteiger partial charge on any atom is 0.0691 e. The van der Waals surface area contributed by atoms with E-state index in [9.17, 15) is 5.11 Å². The SMILES string of the molecule is CCCCCCCCCCC(O)C(N)CC. The Labute approximate surface area is 102 Å². The molecule has 16 heavy (non-hydrogen) atoms. The van der Waals surface area contributed by atoms with Crippen molar-refractivity contribution in [3.63, 3.8) is 0 Å². The van der Waals surface area contributed by atoms with E-state index in [2.05, 4.69) is 6.92 Å². The highest BCUT2D eigenvalue weighted by Crippen LogP contribution is 2.11. The maximum atomic E-state index is 9.67. The summed E-state index contributed by atoms with van der Waals surface area (Å²) in [6.07, 6.45) is 12.0. The summed E-state index contributed by atoms with van der Waals surface area (Å²) in [6.45, 7) is 4.28. The molecule has 0 bridgehead atoms. The smallest absolute Gasteiger partial charge is 0.0691 e. The molecule has 2 atom stereocenters. The largest absolute Gasteiger partial charge is 0.392 e. The summed E-state index contributed by atoms with van der Waals surface area (Å²) in [7, 11) is 0. The lowest BCUT2D eigenvalue weighted by Gasteiger charge is -2.16. The van der Waals surface area contributed by atoms with Crippen molar-refractivity contribution in [2.24, 2.45) is 5.73 Å². The van der Waals surface area contributed by atoms with Gasteiger partial charge in [0.1, 0.15) is 0 Å². The molecule has 0 aromatic heterocycles. The molecule has 0 amide bonds. The summed E-state index contributed by atoms with van der Waals surface area (Å²) in [6, 6.07) is -0.0236. The lowest BCUT2D eigenvalue weighted by molar-refractivity contribution is 0.129. The molecule has 0 aliphatic carbocycles. The molecule has 98 valence electrons. The number of unbranched alkanes of at least 4 members (excludes halogenated alkanes) is 7. The van der Waals surface area contributed by atoms with Gasteiger partial charge in [-0.05, 0) is 12.8 Å². The van der Waals surface area contributed by atoms with Crippen molar-refractivity contribution in [3.05, 3.63) is 0 Å². The van der Waals surface area contributed by atoms with Crippen LogP contribution >= 0.6 is 0 Å². The number of nitrogens with two attached hydrogens (primary N) is 1. The second kappa shape index (κ2) is 11.4. The molecule has 0 aliphatic heterocycles. The van der Waals surface area contributed by atoms with Gasteiger partial charge in [-0.2, -0.15) is 0 Å². The summed E-state index contributed by atoms with van der Waals surface area (Å²) in [5, 5.41) is 9.67. The third-order valence-corrected chi connectivity index (χ3v) is 3.32. The zero-order valence-corrected chi connectivity index (χ0v) is 11.3. The van der Waals surface area contributed by atoms with Gasteiger partial charge >= 0.3 is 0 Å². The monoisotopic (exact) mass is 229 g/mol. The van der Waals surface area contributed by atoms with Crippen LogP contribution in [0.3, 0.4) is 0 Å². The molecule has 0 radical (unpaired) electrons. The van der Waals surface area contributed by atoms with Crippen LogP contribution in [0.1, 0.15) is 78.1 Å². The first-order valence-electron chi connectivity index (χ1n) is 7.16. The molecule has 0 spiro atoms. The Hall–Kier alpha value is -0.0800. The lowest BCUT2D eigenvalue weighted by Crippen LogP contribution is -2.33. The van der Waals surface area contributed by atoms with Gasteiger partial charge in [0, 0.05) is 6.04 Å². The quantitative estimate of drug-likeness (QED) is 0.532. The van der Waals surface area contributed by atoms with Gasteiger partial charge in [-0.25, -0.2) is 0 Å². The van der Waals surface area contributed by atoms with Crippen molar-refractivity contribution in [1.82, 2.24) is 0 Å². The normalized spacial score (nSPS) is 15.0. The summed E-state index contributed by atoms with van der Waals surface area (Å²) < 4.78 is 0. The molecule has 2 unspecified atom stereocenters. The second-order valence-electron chi connectivity index (χ2n) is 4.90. The number of hydrogen-bond acceptors (Lipinski definition) is 2. The van der Waals surface area contributed by atoms with Crippen molar-refractivity contribution in [2.75, 3.05) is 0 Å². The zero-order valence-electron chi connectivity index (χ0n) is 11.3. The molecule has 3 N–H and O–H groups in total. The molecule has 2 heteroatoms. The molecule has 0 saturated heterocycles. The Balaban J connectivity index is 3.14. The highest BCUT2D eigenvalue weighted by atomic mass is 16.3. The topological polar surface area (TPSA) is 46.2 Å². The van der Waals surface area contributed by atoms with E-state index in [0.717, 1.165) is 19.3 Å². The summed E-state index contributed by atoms with van der Waals surface area (Å²) >= 11 is 0. The Kier molecular flexibility index (Phi) is 11.3. The number of hydrogen-bond donors (Lipinski definition) is 2. The second-order valence-corrected chi connectivity index (χ2v) is 4.90. The average molecular weight is 229 g/mol. The molecule has 2 nitrogen and oxygen atoms in total. The van der Waals surface area contributed by atoms with Crippen molar-refractivity contribution in [3.8, 4) is 0 Å². The van der Waals surface area contributed by atoms with Gasteiger partial charge in [0.15, 0.2) is 0 Å². The Morgan fingerprint density at radius 3 is 1.88 bits per heavy atom. The Morgan fingerprint density at radius 2 is 1.38 bits per heavy atom. The van der Waals surface area contributed by atoms with Gasteiger partial charge in [0.25, 0.3) is 0 Å². The molecule has 0 rings (SSSR count). The first-order chi connectivity index (χ1) is 7.72. The molecule has 0 aliphatic rings. The number of rotatable bonds is 11. The van der Waals surface area contributed by atoms with Gasteiger partial charge in [0.05, 0.1) is 6.10 Å². The van der Waals surface area contributed by atoms with E-state index in [4.69, 9.17) is 5.73 Å². The van der Waals surface area contributed by atoms with Crippen LogP contribution in [0.25, 0.3) is 0 Å². The fourth-order valence-electron chi connectivity index (χ4n) is 1.97. The van der Waals surface area contributed by atoms with Crippen LogP contribution in [-0.4, -0.2) is 17.3 Å². The molecular formula is C14H31NO.